The Labute approximate surface area is 177 Å². The largest absolute Gasteiger partial charge is 0.351 e. The standard InChI is InChI=1S/C23H31ClN2OS/c24-21-2-1-19(28-18-3-5-25-6-4-18)10-20(21)22(27)26-14-23-11-15-7-16(12-23)9-17(8-15)13-23/h1-2,10,15-18,25H,3-9,11-14H2,(H,26,27). The first kappa shape index (κ1) is 19.3. The zero-order valence-electron chi connectivity index (χ0n) is 16.5. The van der Waals surface area contributed by atoms with Crippen LogP contribution in [0.2, 0.25) is 5.02 Å². The van der Waals surface area contributed by atoms with Gasteiger partial charge in [-0.3, -0.25) is 4.79 Å². The van der Waals surface area contributed by atoms with Crippen LogP contribution in [0.1, 0.15) is 61.7 Å². The molecule has 1 aliphatic heterocycles. The number of hydrogen-bond acceptors (Lipinski definition) is 3. The van der Waals surface area contributed by atoms with Gasteiger partial charge in [0.2, 0.25) is 0 Å². The number of carbonyl (C=O) groups excluding carboxylic acids is 1. The highest BCUT2D eigenvalue weighted by atomic mass is 35.5. The first-order valence-electron chi connectivity index (χ1n) is 11.0. The molecule has 1 aromatic rings. The van der Waals surface area contributed by atoms with E-state index in [4.69, 9.17) is 11.6 Å². The van der Waals surface area contributed by atoms with Gasteiger partial charge >= 0.3 is 0 Å². The first-order chi connectivity index (χ1) is 13.6. The first-order valence-corrected chi connectivity index (χ1v) is 12.3. The molecule has 5 fully saturated rings. The van der Waals surface area contributed by atoms with Crippen LogP contribution < -0.4 is 10.6 Å². The van der Waals surface area contributed by atoms with Crippen LogP contribution >= 0.6 is 23.4 Å². The molecule has 5 heteroatoms. The Bertz CT molecular complexity index is 711. The third-order valence-electron chi connectivity index (χ3n) is 7.56. The number of thioether (sulfide) groups is 1. The van der Waals surface area contributed by atoms with Crippen molar-refractivity contribution < 1.29 is 4.79 Å². The number of halogens is 1. The second-order valence-electron chi connectivity index (χ2n) is 9.81. The number of nitrogens with one attached hydrogen (secondary N) is 2. The maximum atomic E-state index is 13.0. The third-order valence-corrected chi connectivity index (χ3v) is 9.22. The van der Waals surface area contributed by atoms with Crippen LogP contribution in [0.15, 0.2) is 23.1 Å². The molecule has 1 saturated heterocycles. The molecule has 0 aromatic heterocycles. The molecule has 4 bridgehead atoms. The van der Waals surface area contributed by atoms with Crippen molar-refractivity contribution in [2.24, 2.45) is 23.2 Å². The molecule has 3 nitrogen and oxygen atoms in total. The number of benzene rings is 1. The fourth-order valence-electron chi connectivity index (χ4n) is 6.73. The zero-order chi connectivity index (χ0) is 19.1. The normalized spacial score (nSPS) is 34.5. The molecule has 5 aliphatic rings. The fourth-order valence-corrected chi connectivity index (χ4v) is 8.12. The zero-order valence-corrected chi connectivity index (χ0v) is 18.1. The summed E-state index contributed by atoms with van der Waals surface area (Å²) < 4.78 is 0. The van der Waals surface area contributed by atoms with Crippen molar-refractivity contribution in [1.82, 2.24) is 10.6 Å². The van der Waals surface area contributed by atoms with E-state index in [2.05, 4.69) is 16.7 Å². The van der Waals surface area contributed by atoms with E-state index < -0.39 is 0 Å². The molecule has 2 N–H and O–H groups in total. The van der Waals surface area contributed by atoms with Gasteiger partial charge in [-0.15, -0.1) is 11.8 Å². The lowest BCUT2D eigenvalue weighted by molar-refractivity contribution is -0.0503. The van der Waals surface area contributed by atoms with E-state index in [1.165, 1.54) is 51.4 Å². The minimum Gasteiger partial charge on any atom is -0.351 e. The smallest absolute Gasteiger partial charge is 0.252 e. The highest BCUT2D eigenvalue weighted by molar-refractivity contribution is 8.00. The van der Waals surface area contributed by atoms with Gasteiger partial charge in [0.1, 0.15) is 0 Å². The van der Waals surface area contributed by atoms with Gasteiger partial charge in [-0.1, -0.05) is 11.6 Å². The molecular weight excluding hydrogens is 388 g/mol. The van der Waals surface area contributed by atoms with Gasteiger partial charge < -0.3 is 10.6 Å². The molecule has 1 heterocycles. The summed E-state index contributed by atoms with van der Waals surface area (Å²) in [5.74, 6) is 2.75. The highest BCUT2D eigenvalue weighted by Crippen LogP contribution is 2.59. The Morgan fingerprint density at radius 3 is 2.39 bits per heavy atom. The Morgan fingerprint density at radius 2 is 1.75 bits per heavy atom. The van der Waals surface area contributed by atoms with Gasteiger partial charge in [-0.05, 0) is 106 Å². The topological polar surface area (TPSA) is 41.1 Å². The Morgan fingerprint density at radius 1 is 1.11 bits per heavy atom. The molecule has 152 valence electrons. The van der Waals surface area contributed by atoms with Crippen molar-refractivity contribution >= 4 is 29.3 Å². The molecule has 0 unspecified atom stereocenters. The Balaban J connectivity index is 1.24. The van der Waals surface area contributed by atoms with E-state index in [1.54, 1.807) is 0 Å². The predicted molar refractivity (Wildman–Crippen MR) is 116 cm³/mol. The summed E-state index contributed by atoms with van der Waals surface area (Å²) in [6, 6.07) is 5.96. The summed E-state index contributed by atoms with van der Waals surface area (Å²) in [4.78, 5) is 14.2. The van der Waals surface area contributed by atoms with Crippen molar-refractivity contribution in [3.63, 3.8) is 0 Å². The average Bonchev–Trinajstić information content (AvgIpc) is 2.67. The van der Waals surface area contributed by atoms with Crippen molar-refractivity contribution in [2.75, 3.05) is 19.6 Å². The van der Waals surface area contributed by atoms with Crippen LogP contribution in [0, 0.1) is 23.2 Å². The second kappa shape index (κ2) is 7.85. The lowest BCUT2D eigenvalue weighted by Crippen LogP contribution is -2.51. The third kappa shape index (κ3) is 3.97. The summed E-state index contributed by atoms with van der Waals surface area (Å²) in [6.07, 6.45) is 10.6. The maximum absolute atomic E-state index is 13.0. The summed E-state index contributed by atoms with van der Waals surface area (Å²) in [5, 5.41) is 7.89. The number of amides is 1. The van der Waals surface area contributed by atoms with Crippen molar-refractivity contribution in [3.05, 3.63) is 28.8 Å². The van der Waals surface area contributed by atoms with Crippen LogP contribution in [0.25, 0.3) is 0 Å². The van der Waals surface area contributed by atoms with Gasteiger partial charge in [0.15, 0.2) is 0 Å². The second-order valence-corrected chi connectivity index (χ2v) is 11.6. The van der Waals surface area contributed by atoms with Crippen molar-refractivity contribution in [3.8, 4) is 0 Å². The van der Waals surface area contributed by atoms with E-state index in [1.807, 2.05) is 23.9 Å². The maximum Gasteiger partial charge on any atom is 0.252 e. The van der Waals surface area contributed by atoms with Gasteiger partial charge in [-0.2, -0.15) is 0 Å². The Kier molecular flexibility index (Phi) is 5.40. The fraction of sp³-hybridized carbons (Fsp3) is 0.696. The van der Waals surface area contributed by atoms with E-state index >= 15 is 0 Å². The molecular formula is C23H31ClN2OS. The van der Waals surface area contributed by atoms with Crippen LogP contribution in [-0.4, -0.2) is 30.8 Å². The summed E-state index contributed by atoms with van der Waals surface area (Å²) in [6.45, 7) is 3.00. The molecule has 0 spiro atoms. The molecule has 28 heavy (non-hydrogen) atoms. The van der Waals surface area contributed by atoms with Crippen molar-refractivity contribution in [1.29, 1.82) is 0 Å². The number of hydrogen-bond donors (Lipinski definition) is 2. The number of carbonyl (C=O) groups is 1. The molecule has 0 atom stereocenters. The van der Waals surface area contributed by atoms with E-state index in [-0.39, 0.29) is 5.91 Å². The van der Waals surface area contributed by atoms with Gasteiger partial charge in [0.05, 0.1) is 10.6 Å². The van der Waals surface area contributed by atoms with E-state index in [9.17, 15) is 4.79 Å². The van der Waals surface area contributed by atoms with Crippen LogP contribution in [0.3, 0.4) is 0 Å². The Hall–Kier alpha value is -0.710. The SMILES string of the molecule is O=C(NCC12CC3CC(CC(C3)C1)C2)c1cc(SC2CCNCC2)ccc1Cl. The molecule has 0 radical (unpaired) electrons. The monoisotopic (exact) mass is 418 g/mol. The lowest BCUT2D eigenvalue weighted by Gasteiger charge is -2.56. The van der Waals surface area contributed by atoms with E-state index in [0.717, 1.165) is 42.3 Å². The minimum absolute atomic E-state index is 0.00788. The molecule has 4 saturated carbocycles. The van der Waals surface area contributed by atoms with Crippen LogP contribution in [-0.2, 0) is 0 Å². The molecule has 6 rings (SSSR count). The van der Waals surface area contributed by atoms with Gasteiger partial charge in [0.25, 0.3) is 5.91 Å². The van der Waals surface area contributed by atoms with Gasteiger partial charge in [0, 0.05) is 16.7 Å². The quantitative estimate of drug-likeness (QED) is 0.696. The number of piperidine rings is 1. The summed E-state index contributed by atoms with van der Waals surface area (Å²) >= 11 is 8.30. The highest BCUT2D eigenvalue weighted by Gasteiger charge is 2.50. The number of rotatable bonds is 5. The van der Waals surface area contributed by atoms with Crippen molar-refractivity contribution in [2.45, 2.75) is 61.5 Å². The minimum atomic E-state index is 0.00788. The van der Waals surface area contributed by atoms with Crippen LogP contribution in [0.5, 0.6) is 0 Å². The molecule has 4 aliphatic carbocycles. The molecule has 1 amide bonds. The predicted octanol–water partition coefficient (Wildman–Crippen LogP) is 5.13. The van der Waals surface area contributed by atoms with E-state index in [0.29, 0.717) is 21.3 Å². The van der Waals surface area contributed by atoms with Crippen LogP contribution in [0.4, 0.5) is 0 Å². The molecule has 1 aromatic carbocycles. The summed E-state index contributed by atoms with van der Waals surface area (Å²) in [7, 11) is 0. The average molecular weight is 419 g/mol. The summed E-state index contributed by atoms with van der Waals surface area (Å²) in [5.41, 5.74) is 1.00. The van der Waals surface area contributed by atoms with Gasteiger partial charge in [-0.25, -0.2) is 0 Å². The lowest BCUT2D eigenvalue weighted by atomic mass is 9.49.